The van der Waals surface area contributed by atoms with Gasteiger partial charge in [-0.05, 0) is 38.1 Å². The third-order valence-electron chi connectivity index (χ3n) is 3.31. The molecule has 2 aromatic rings. The Morgan fingerprint density at radius 2 is 1.71 bits per heavy atom. The molecule has 2 aromatic carbocycles. The van der Waals surface area contributed by atoms with E-state index in [0.717, 1.165) is 23.9 Å². The SMILES string of the molecule is CCOc1ccc(NC(=O)NC(=O)CSc2ccc(F)cc2F)cc1OCC. The third-order valence-corrected chi connectivity index (χ3v) is 4.36. The molecule has 2 rings (SSSR count). The van der Waals surface area contributed by atoms with Gasteiger partial charge >= 0.3 is 6.03 Å². The first-order valence-corrected chi connectivity index (χ1v) is 9.49. The number of benzene rings is 2. The van der Waals surface area contributed by atoms with Gasteiger partial charge in [0.15, 0.2) is 11.5 Å². The molecule has 0 saturated carbocycles. The highest BCUT2D eigenvalue weighted by Gasteiger charge is 2.12. The van der Waals surface area contributed by atoms with Crippen LogP contribution in [0.15, 0.2) is 41.3 Å². The van der Waals surface area contributed by atoms with Gasteiger partial charge in [0.1, 0.15) is 11.6 Å². The largest absolute Gasteiger partial charge is 0.490 e. The first kappa shape index (κ1) is 21.5. The van der Waals surface area contributed by atoms with Gasteiger partial charge in [0, 0.05) is 22.7 Å². The minimum absolute atomic E-state index is 0.116. The van der Waals surface area contributed by atoms with Crippen LogP contribution in [0.3, 0.4) is 0 Å². The van der Waals surface area contributed by atoms with E-state index in [1.54, 1.807) is 18.2 Å². The van der Waals surface area contributed by atoms with Crippen LogP contribution in [-0.2, 0) is 4.79 Å². The number of halogens is 2. The van der Waals surface area contributed by atoms with Gasteiger partial charge < -0.3 is 14.8 Å². The Morgan fingerprint density at radius 1 is 1.00 bits per heavy atom. The Labute approximate surface area is 165 Å². The summed E-state index contributed by atoms with van der Waals surface area (Å²) in [4.78, 5) is 24.0. The van der Waals surface area contributed by atoms with Crippen LogP contribution in [0.4, 0.5) is 19.3 Å². The van der Waals surface area contributed by atoms with Gasteiger partial charge in [-0.15, -0.1) is 11.8 Å². The minimum Gasteiger partial charge on any atom is -0.490 e. The van der Waals surface area contributed by atoms with E-state index in [4.69, 9.17) is 9.47 Å². The van der Waals surface area contributed by atoms with Crippen LogP contribution in [0.5, 0.6) is 11.5 Å². The molecule has 0 radical (unpaired) electrons. The number of nitrogens with one attached hydrogen (secondary N) is 2. The van der Waals surface area contributed by atoms with E-state index < -0.39 is 23.6 Å². The van der Waals surface area contributed by atoms with Crippen LogP contribution in [0.25, 0.3) is 0 Å². The number of rotatable bonds is 8. The molecule has 0 aliphatic carbocycles. The molecule has 0 atom stereocenters. The first-order chi connectivity index (χ1) is 13.4. The fourth-order valence-corrected chi connectivity index (χ4v) is 2.91. The summed E-state index contributed by atoms with van der Waals surface area (Å²) in [5.41, 5.74) is 0.412. The summed E-state index contributed by atoms with van der Waals surface area (Å²) in [6.45, 7) is 4.55. The number of urea groups is 1. The second-order valence-corrected chi connectivity index (χ2v) is 6.41. The predicted octanol–water partition coefficient (Wildman–Crippen LogP) is 4.20. The lowest BCUT2D eigenvalue weighted by atomic mass is 10.2. The van der Waals surface area contributed by atoms with Crippen molar-refractivity contribution < 1.29 is 27.8 Å². The highest BCUT2D eigenvalue weighted by atomic mass is 32.2. The van der Waals surface area contributed by atoms with Crippen LogP contribution in [0.2, 0.25) is 0 Å². The molecule has 9 heteroatoms. The van der Waals surface area contributed by atoms with E-state index in [1.807, 2.05) is 13.8 Å². The highest BCUT2D eigenvalue weighted by molar-refractivity contribution is 8.00. The number of ether oxygens (including phenoxy) is 2. The number of hydrogen-bond acceptors (Lipinski definition) is 5. The Balaban J connectivity index is 1.90. The quantitative estimate of drug-likeness (QED) is 0.638. The second kappa shape index (κ2) is 10.5. The second-order valence-electron chi connectivity index (χ2n) is 5.39. The molecule has 0 heterocycles. The Morgan fingerprint density at radius 3 is 2.39 bits per heavy atom. The maximum absolute atomic E-state index is 13.5. The minimum atomic E-state index is -0.764. The molecule has 0 aromatic heterocycles. The molecule has 0 bridgehead atoms. The van der Waals surface area contributed by atoms with Crippen LogP contribution in [-0.4, -0.2) is 30.9 Å². The fourth-order valence-electron chi connectivity index (χ4n) is 2.19. The van der Waals surface area contributed by atoms with E-state index >= 15 is 0 Å². The van der Waals surface area contributed by atoms with E-state index in [1.165, 1.54) is 6.07 Å². The lowest BCUT2D eigenvalue weighted by Gasteiger charge is -2.13. The fraction of sp³-hybridized carbons (Fsp3) is 0.263. The van der Waals surface area contributed by atoms with Crippen LogP contribution >= 0.6 is 11.8 Å². The van der Waals surface area contributed by atoms with Gasteiger partial charge in [-0.25, -0.2) is 13.6 Å². The smallest absolute Gasteiger partial charge is 0.325 e. The summed E-state index contributed by atoms with van der Waals surface area (Å²) >= 11 is 0.858. The summed E-state index contributed by atoms with van der Waals surface area (Å²) in [5.74, 6) is -1.28. The molecule has 0 fully saturated rings. The molecule has 0 aliphatic heterocycles. The summed E-state index contributed by atoms with van der Waals surface area (Å²) in [6.07, 6.45) is 0. The molecule has 0 saturated heterocycles. The third kappa shape index (κ3) is 6.41. The molecule has 0 unspecified atom stereocenters. The van der Waals surface area contributed by atoms with E-state index in [0.29, 0.717) is 30.4 Å². The van der Waals surface area contributed by atoms with Gasteiger partial charge in [-0.1, -0.05) is 0 Å². The van der Waals surface area contributed by atoms with Crippen molar-refractivity contribution in [3.8, 4) is 11.5 Å². The van der Waals surface area contributed by atoms with Crippen molar-refractivity contribution in [2.75, 3.05) is 24.3 Å². The molecular formula is C19H20F2N2O4S. The number of anilines is 1. The topological polar surface area (TPSA) is 76.7 Å². The van der Waals surface area contributed by atoms with Crippen molar-refractivity contribution in [1.29, 1.82) is 0 Å². The molecule has 6 nitrogen and oxygen atoms in total. The number of thioether (sulfide) groups is 1. The zero-order valence-electron chi connectivity index (χ0n) is 15.4. The van der Waals surface area contributed by atoms with E-state index in [-0.39, 0.29) is 10.6 Å². The predicted molar refractivity (Wildman–Crippen MR) is 103 cm³/mol. The van der Waals surface area contributed by atoms with Gasteiger partial charge in [-0.3, -0.25) is 10.1 Å². The zero-order chi connectivity index (χ0) is 20.5. The van der Waals surface area contributed by atoms with Crippen molar-refractivity contribution in [3.63, 3.8) is 0 Å². The summed E-state index contributed by atoms with van der Waals surface area (Å²) in [7, 11) is 0. The normalized spacial score (nSPS) is 10.3. The zero-order valence-corrected chi connectivity index (χ0v) is 16.2. The lowest BCUT2D eigenvalue weighted by molar-refractivity contribution is -0.117. The van der Waals surface area contributed by atoms with Crippen LogP contribution in [0.1, 0.15) is 13.8 Å². The molecule has 2 N–H and O–H groups in total. The van der Waals surface area contributed by atoms with Crippen molar-refractivity contribution in [3.05, 3.63) is 48.0 Å². The molecule has 3 amide bonds. The van der Waals surface area contributed by atoms with Gasteiger partial charge in [0.2, 0.25) is 5.91 Å². The Hall–Kier alpha value is -2.81. The average Bonchev–Trinajstić information content (AvgIpc) is 2.63. The number of carbonyl (C=O) groups excluding carboxylic acids is 2. The maximum Gasteiger partial charge on any atom is 0.325 e. The molecule has 0 spiro atoms. The number of amides is 3. The maximum atomic E-state index is 13.5. The van der Waals surface area contributed by atoms with Gasteiger partial charge in [-0.2, -0.15) is 0 Å². The number of carbonyl (C=O) groups is 2. The Kier molecular flexibility index (Phi) is 8.06. The van der Waals surface area contributed by atoms with Crippen LogP contribution in [0, 0.1) is 11.6 Å². The van der Waals surface area contributed by atoms with Gasteiger partial charge in [0.05, 0.1) is 19.0 Å². The number of hydrogen-bond donors (Lipinski definition) is 2. The molecule has 150 valence electrons. The van der Waals surface area contributed by atoms with Gasteiger partial charge in [0.25, 0.3) is 0 Å². The monoisotopic (exact) mass is 410 g/mol. The van der Waals surface area contributed by atoms with Crippen molar-refractivity contribution in [2.45, 2.75) is 18.7 Å². The summed E-state index contributed by atoms with van der Waals surface area (Å²) in [5, 5.41) is 4.66. The average molecular weight is 410 g/mol. The molecule has 28 heavy (non-hydrogen) atoms. The van der Waals surface area contributed by atoms with Crippen LogP contribution < -0.4 is 20.1 Å². The first-order valence-electron chi connectivity index (χ1n) is 8.51. The van der Waals surface area contributed by atoms with E-state index in [2.05, 4.69) is 10.6 Å². The molecule has 0 aliphatic rings. The van der Waals surface area contributed by atoms with E-state index in [9.17, 15) is 18.4 Å². The van der Waals surface area contributed by atoms with Crippen molar-refractivity contribution in [2.24, 2.45) is 0 Å². The highest BCUT2D eigenvalue weighted by Crippen LogP contribution is 2.30. The lowest BCUT2D eigenvalue weighted by Crippen LogP contribution is -2.35. The Bertz CT molecular complexity index is 849. The summed E-state index contributed by atoms with van der Waals surface area (Å²) in [6, 6.07) is 7.17. The molecular weight excluding hydrogens is 390 g/mol. The number of imide groups is 1. The van der Waals surface area contributed by atoms with Crippen molar-refractivity contribution in [1.82, 2.24) is 5.32 Å². The standard InChI is InChI=1S/C19H20F2N2O4S/c1-3-26-15-7-6-13(10-16(15)27-4-2)22-19(25)23-18(24)11-28-17-8-5-12(20)9-14(17)21/h5-10H,3-4,11H2,1-2H3,(H2,22,23,24,25). The summed E-state index contributed by atoms with van der Waals surface area (Å²) < 4.78 is 37.3. The van der Waals surface area contributed by atoms with Crippen molar-refractivity contribution >= 4 is 29.4 Å².